The van der Waals surface area contributed by atoms with Crippen LogP contribution in [0.3, 0.4) is 0 Å². The zero-order valence-electron chi connectivity index (χ0n) is 9.62. The van der Waals surface area contributed by atoms with Crippen molar-refractivity contribution in [3.8, 4) is 11.8 Å². The number of aliphatic carboxylic acids is 1. The third-order valence-electron chi connectivity index (χ3n) is 1.99. The highest BCUT2D eigenvalue weighted by Crippen LogP contribution is 2.30. The first-order chi connectivity index (χ1) is 8.76. The van der Waals surface area contributed by atoms with Gasteiger partial charge in [0.25, 0.3) is 0 Å². The Morgan fingerprint density at radius 3 is 2.47 bits per heavy atom. The first kappa shape index (κ1) is 15.4. The van der Waals surface area contributed by atoms with E-state index in [2.05, 4.69) is 9.72 Å². The topological polar surface area (TPSA) is 68.7 Å². The number of hydrogen-bond acceptors (Lipinski definition) is 4. The van der Waals surface area contributed by atoms with Crippen LogP contribution < -0.4 is 9.47 Å². The maximum atomic E-state index is 12.2. The number of rotatable bonds is 5. The van der Waals surface area contributed by atoms with Crippen molar-refractivity contribution in [3.05, 3.63) is 17.2 Å². The Morgan fingerprint density at radius 1 is 1.42 bits per heavy atom. The second kappa shape index (κ2) is 5.96. The number of carbonyl (C=O) groups is 1. The Labute approximate surface area is 110 Å². The molecule has 1 heterocycles. The highest BCUT2D eigenvalue weighted by molar-refractivity contribution is 6.17. The van der Waals surface area contributed by atoms with Crippen molar-refractivity contribution in [2.24, 2.45) is 0 Å². The molecule has 0 bridgehead atoms. The lowest BCUT2D eigenvalue weighted by Gasteiger charge is -2.14. The van der Waals surface area contributed by atoms with Gasteiger partial charge in [-0.15, -0.1) is 24.8 Å². The van der Waals surface area contributed by atoms with Crippen molar-refractivity contribution in [1.82, 2.24) is 4.98 Å². The number of pyridine rings is 1. The van der Waals surface area contributed by atoms with Crippen molar-refractivity contribution in [3.63, 3.8) is 0 Å². The third-order valence-corrected chi connectivity index (χ3v) is 2.28. The Hall–Kier alpha value is -1.70. The summed E-state index contributed by atoms with van der Waals surface area (Å²) in [6.45, 7) is 0. The second-order valence-corrected chi connectivity index (χ2v) is 3.64. The molecule has 1 aromatic heterocycles. The molecule has 0 spiro atoms. The zero-order valence-corrected chi connectivity index (χ0v) is 10.4. The van der Waals surface area contributed by atoms with Gasteiger partial charge in [-0.3, -0.25) is 4.79 Å². The summed E-state index contributed by atoms with van der Waals surface area (Å²) in [7, 11) is 1.20. The maximum absolute atomic E-state index is 12.2. The molecule has 0 amide bonds. The Morgan fingerprint density at radius 2 is 2.05 bits per heavy atom. The van der Waals surface area contributed by atoms with Gasteiger partial charge < -0.3 is 14.6 Å². The van der Waals surface area contributed by atoms with E-state index in [9.17, 15) is 18.0 Å². The van der Waals surface area contributed by atoms with Gasteiger partial charge in [-0.05, 0) is 6.07 Å². The molecule has 0 unspecified atom stereocenters. The van der Waals surface area contributed by atoms with Gasteiger partial charge in [0.05, 0.1) is 19.4 Å². The first-order valence-electron chi connectivity index (χ1n) is 4.87. The van der Waals surface area contributed by atoms with Gasteiger partial charge in [0, 0.05) is 11.1 Å². The lowest BCUT2D eigenvalue weighted by molar-refractivity contribution is -0.276. The van der Waals surface area contributed by atoms with Gasteiger partial charge in [-0.1, -0.05) is 0 Å². The van der Waals surface area contributed by atoms with Crippen molar-refractivity contribution in [2.45, 2.75) is 18.7 Å². The van der Waals surface area contributed by atoms with E-state index >= 15 is 0 Å². The maximum Gasteiger partial charge on any atom is 0.574 e. The summed E-state index contributed by atoms with van der Waals surface area (Å²) in [6, 6.07) is 1.16. The van der Waals surface area contributed by atoms with Crippen LogP contribution in [-0.4, -0.2) is 29.5 Å². The van der Waals surface area contributed by atoms with Crippen LogP contribution in [0.25, 0.3) is 0 Å². The van der Waals surface area contributed by atoms with Crippen LogP contribution in [0.15, 0.2) is 6.07 Å². The number of ether oxygens (including phenoxy) is 2. The van der Waals surface area contributed by atoms with Crippen LogP contribution in [0.4, 0.5) is 13.2 Å². The molecule has 5 nitrogen and oxygen atoms in total. The lowest BCUT2D eigenvalue weighted by atomic mass is 10.1. The molecule has 0 atom stereocenters. The van der Waals surface area contributed by atoms with Gasteiger partial charge in [0.15, 0.2) is 0 Å². The lowest BCUT2D eigenvalue weighted by Crippen LogP contribution is -2.20. The average molecular weight is 300 g/mol. The molecule has 9 heteroatoms. The number of alkyl halides is 4. The van der Waals surface area contributed by atoms with Crippen LogP contribution in [0.2, 0.25) is 0 Å². The summed E-state index contributed by atoms with van der Waals surface area (Å²) in [4.78, 5) is 14.1. The van der Waals surface area contributed by atoms with E-state index < -0.39 is 24.6 Å². The molecular weight excluding hydrogens is 291 g/mol. The van der Waals surface area contributed by atoms with Gasteiger partial charge >= 0.3 is 12.3 Å². The minimum absolute atomic E-state index is 0.0882. The monoisotopic (exact) mass is 299 g/mol. The van der Waals surface area contributed by atoms with Crippen LogP contribution in [-0.2, 0) is 17.1 Å². The van der Waals surface area contributed by atoms with E-state index in [1.807, 2.05) is 0 Å². The smallest absolute Gasteiger partial charge is 0.481 e. The van der Waals surface area contributed by atoms with E-state index in [1.54, 1.807) is 0 Å². The minimum atomic E-state index is -4.98. The molecule has 0 saturated heterocycles. The Balaban J connectivity index is 3.27. The summed E-state index contributed by atoms with van der Waals surface area (Å²) in [5.41, 5.74) is 0.0382. The van der Waals surface area contributed by atoms with Crippen molar-refractivity contribution >= 4 is 17.6 Å². The van der Waals surface area contributed by atoms with Crippen LogP contribution in [0.1, 0.15) is 11.1 Å². The van der Waals surface area contributed by atoms with E-state index in [0.29, 0.717) is 0 Å². The molecule has 0 radical (unpaired) electrons. The molecule has 1 aromatic rings. The predicted molar refractivity (Wildman–Crippen MR) is 58.4 cm³/mol. The van der Waals surface area contributed by atoms with Gasteiger partial charge in [0.1, 0.15) is 0 Å². The van der Waals surface area contributed by atoms with Gasteiger partial charge in [-0.2, -0.15) is 4.98 Å². The molecule has 106 valence electrons. The predicted octanol–water partition coefficient (Wildman–Crippen LogP) is 2.35. The fourth-order valence-electron chi connectivity index (χ4n) is 1.33. The Kier molecular flexibility index (Phi) is 4.82. The highest BCUT2D eigenvalue weighted by atomic mass is 35.5. The van der Waals surface area contributed by atoms with E-state index in [4.69, 9.17) is 21.4 Å². The summed E-state index contributed by atoms with van der Waals surface area (Å²) in [5.74, 6) is -2.42. The Bertz CT molecular complexity index is 479. The average Bonchev–Trinajstić information content (AvgIpc) is 2.28. The summed E-state index contributed by atoms with van der Waals surface area (Å²) >= 11 is 5.57. The fourth-order valence-corrected chi connectivity index (χ4v) is 1.52. The zero-order chi connectivity index (χ0) is 14.6. The standard InChI is InChI=1S/C10H9ClF3NO4/c1-18-8-6(4-11)2-5(3-7(16)17)9(15-8)19-10(12,13)14/h2H,3-4H2,1H3,(H,16,17). The first-order valence-corrected chi connectivity index (χ1v) is 5.40. The van der Waals surface area contributed by atoms with Gasteiger partial charge in [0.2, 0.25) is 11.8 Å². The normalized spacial score (nSPS) is 11.2. The molecule has 0 aromatic carbocycles. The van der Waals surface area contributed by atoms with E-state index in [0.717, 1.165) is 6.07 Å². The molecule has 0 aliphatic rings. The van der Waals surface area contributed by atoms with E-state index in [-0.39, 0.29) is 22.9 Å². The van der Waals surface area contributed by atoms with Crippen LogP contribution in [0.5, 0.6) is 11.8 Å². The number of carboxylic acid groups (broad SMARTS) is 1. The molecule has 19 heavy (non-hydrogen) atoms. The van der Waals surface area contributed by atoms with Crippen molar-refractivity contribution in [1.29, 1.82) is 0 Å². The highest BCUT2D eigenvalue weighted by Gasteiger charge is 2.33. The number of carboxylic acids is 1. The number of halogens is 4. The van der Waals surface area contributed by atoms with Crippen LogP contribution >= 0.6 is 11.6 Å². The minimum Gasteiger partial charge on any atom is -0.481 e. The molecule has 1 rings (SSSR count). The number of hydrogen-bond donors (Lipinski definition) is 1. The molecule has 0 aliphatic heterocycles. The summed E-state index contributed by atoms with van der Waals surface area (Å²) < 4.78 is 45.0. The molecular formula is C10H9ClF3NO4. The number of nitrogens with zero attached hydrogens (tertiary/aromatic N) is 1. The summed E-state index contributed by atoms with van der Waals surface area (Å²) in [6.07, 6.45) is -5.65. The fraction of sp³-hybridized carbons (Fsp3) is 0.400. The molecule has 0 aliphatic carbocycles. The quantitative estimate of drug-likeness (QED) is 0.845. The second-order valence-electron chi connectivity index (χ2n) is 3.37. The largest absolute Gasteiger partial charge is 0.574 e. The molecule has 0 saturated carbocycles. The molecule has 1 N–H and O–H groups in total. The molecule has 0 fully saturated rings. The van der Waals surface area contributed by atoms with Crippen molar-refractivity contribution in [2.75, 3.05) is 7.11 Å². The van der Waals surface area contributed by atoms with Crippen molar-refractivity contribution < 1.29 is 32.5 Å². The summed E-state index contributed by atoms with van der Waals surface area (Å²) in [5, 5.41) is 8.65. The SMILES string of the molecule is COc1nc(OC(F)(F)F)c(CC(=O)O)cc1CCl. The number of methoxy groups -OCH3 is 1. The van der Waals surface area contributed by atoms with Crippen LogP contribution in [0, 0.1) is 0 Å². The van der Waals surface area contributed by atoms with Gasteiger partial charge in [-0.25, -0.2) is 0 Å². The third kappa shape index (κ3) is 4.47. The number of aromatic nitrogens is 1. The van der Waals surface area contributed by atoms with E-state index in [1.165, 1.54) is 7.11 Å².